The summed E-state index contributed by atoms with van der Waals surface area (Å²) in [7, 11) is 0. The van der Waals surface area contributed by atoms with Gasteiger partial charge in [-0.05, 0) is 56.0 Å². The lowest BCUT2D eigenvalue weighted by molar-refractivity contribution is 0.1000. The van der Waals surface area contributed by atoms with E-state index in [-0.39, 0.29) is 0 Å². The molecule has 3 rings (SSSR count). The number of amides is 1. The Hall–Kier alpha value is -2.60. The minimum absolute atomic E-state index is 0.355. The van der Waals surface area contributed by atoms with Crippen molar-refractivity contribution in [3.05, 3.63) is 53.2 Å². The molecule has 6 heteroatoms. The van der Waals surface area contributed by atoms with E-state index in [1.807, 2.05) is 6.92 Å². The molecular weight excluding hydrogens is 340 g/mol. The Balaban J connectivity index is 1.52. The number of hydrogen-bond donors (Lipinski definition) is 2. The third-order valence-electron chi connectivity index (χ3n) is 4.94. The number of benzene rings is 1. The summed E-state index contributed by atoms with van der Waals surface area (Å²) in [5.74, 6) is 1.26. The first-order valence-electron chi connectivity index (χ1n) is 9.52. The first-order valence-corrected chi connectivity index (χ1v) is 9.52. The van der Waals surface area contributed by atoms with Crippen LogP contribution >= 0.6 is 0 Å². The van der Waals surface area contributed by atoms with Crippen LogP contribution in [0.25, 0.3) is 0 Å². The Kier molecular flexibility index (Phi) is 6.29. The van der Waals surface area contributed by atoms with Crippen molar-refractivity contribution in [3.8, 4) is 5.75 Å². The molecule has 0 unspecified atom stereocenters. The van der Waals surface area contributed by atoms with Crippen LogP contribution in [0.1, 0.15) is 41.3 Å². The topological polar surface area (TPSA) is 80.5 Å². The standard InChI is InChI=1S/C21H28N4O2/c1-3-27-19-12-16(5-4-15(19)2)14-25-10-7-18(8-11-25)24-20-13-17(21(22)26)6-9-23-20/h4-6,9,12-13,18H,3,7-8,10-11,14H2,1-2H3,(H2,22,26)(H,23,24). The fourth-order valence-corrected chi connectivity index (χ4v) is 3.42. The van der Waals surface area contributed by atoms with E-state index >= 15 is 0 Å². The number of nitrogens with one attached hydrogen (secondary N) is 1. The molecule has 6 nitrogen and oxygen atoms in total. The predicted molar refractivity (Wildman–Crippen MR) is 107 cm³/mol. The zero-order chi connectivity index (χ0) is 19.2. The molecule has 1 aromatic heterocycles. The van der Waals surface area contributed by atoms with Crippen molar-refractivity contribution in [2.24, 2.45) is 5.73 Å². The van der Waals surface area contributed by atoms with Gasteiger partial charge in [0.05, 0.1) is 6.61 Å². The number of aromatic nitrogens is 1. The summed E-state index contributed by atoms with van der Waals surface area (Å²) in [5, 5.41) is 3.43. The van der Waals surface area contributed by atoms with Crippen molar-refractivity contribution in [1.29, 1.82) is 0 Å². The van der Waals surface area contributed by atoms with Gasteiger partial charge in [-0.2, -0.15) is 0 Å². The maximum atomic E-state index is 11.3. The Morgan fingerprint density at radius 3 is 2.78 bits per heavy atom. The van der Waals surface area contributed by atoms with Crippen LogP contribution in [-0.4, -0.2) is 41.5 Å². The van der Waals surface area contributed by atoms with Gasteiger partial charge in [0, 0.05) is 37.4 Å². The second-order valence-corrected chi connectivity index (χ2v) is 7.02. The molecule has 3 N–H and O–H groups in total. The number of carbonyl (C=O) groups is 1. The van der Waals surface area contributed by atoms with Gasteiger partial charge >= 0.3 is 0 Å². The number of nitrogens with two attached hydrogens (primary N) is 1. The number of likely N-dealkylation sites (tertiary alicyclic amines) is 1. The summed E-state index contributed by atoms with van der Waals surface area (Å²) >= 11 is 0. The van der Waals surface area contributed by atoms with E-state index in [0.717, 1.165) is 38.2 Å². The van der Waals surface area contributed by atoms with Crippen molar-refractivity contribution in [3.63, 3.8) is 0 Å². The fraction of sp³-hybridized carbons (Fsp3) is 0.429. The van der Waals surface area contributed by atoms with Crippen molar-refractivity contribution >= 4 is 11.7 Å². The third-order valence-corrected chi connectivity index (χ3v) is 4.94. The van der Waals surface area contributed by atoms with Gasteiger partial charge in [-0.25, -0.2) is 4.98 Å². The van der Waals surface area contributed by atoms with Gasteiger partial charge in [0.25, 0.3) is 0 Å². The fourth-order valence-electron chi connectivity index (χ4n) is 3.42. The van der Waals surface area contributed by atoms with E-state index in [1.165, 1.54) is 11.1 Å². The van der Waals surface area contributed by atoms with Crippen LogP contribution in [0, 0.1) is 6.92 Å². The summed E-state index contributed by atoms with van der Waals surface area (Å²) in [5.41, 5.74) is 8.28. The monoisotopic (exact) mass is 368 g/mol. The lowest BCUT2D eigenvalue weighted by Gasteiger charge is -2.32. The summed E-state index contributed by atoms with van der Waals surface area (Å²) in [6, 6.07) is 10.2. The van der Waals surface area contributed by atoms with Crippen molar-refractivity contribution in [2.75, 3.05) is 25.0 Å². The number of anilines is 1. The average molecular weight is 368 g/mol. The lowest BCUT2D eigenvalue weighted by atomic mass is 10.0. The van der Waals surface area contributed by atoms with E-state index in [1.54, 1.807) is 18.3 Å². The zero-order valence-electron chi connectivity index (χ0n) is 16.1. The highest BCUT2D eigenvalue weighted by molar-refractivity contribution is 5.93. The number of ether oxygens (including phenoxy) is 1. The number of aryl methyl sites for hydroxylation is 1. The Morgan fingerprint density at radius 2 is 2.07 bits per heavy atom. The van der Waals surface area contributed by atoms with Crippen LogP contribution in [-0.2, 0) is 6.54 Å². The molecular formula is C21H28N4O2. The van der Waals surface area contributed by atoms with Crippen LogP contribution in [0.15, 0.2) is 36.5 Å². The van der Waals surface area contributed by atoms with Gasteiger partial charge in [0.15, 0.2) is 0 Å². The van der Waals surface area contributed by atoms with Crippen molar-refractivity contribution in [2.45, 2.75) is 39.3 Å². The van der Waals surface area contributed by atoms with Crippen LogP contribution in [0.3, 0.4) is 0 Å². The molecule has 144 valence electrons. The number of hydrogen-bond acceptors (Lipinski definition) is 5. The highest BCUT2D eigenvalue weighted by Crippen LogP contribution is 2.22. The summed E-state index contributed by atoms with van der Waals surface area (Å²) in [4.78, 5) is 18.1. The molecule has 0 bridgehead atoms. The molecule has 1 aliphatic rings. The third kappa shape index (κ3) is 5.20. The molecule has 27 heavy (non-hydrogen) atoms. The van der Waals surface area contributed by atoms with Crippen molar-refractivity contribution in [1.82, 2.24) is 9.88 Å². The average Bonchev–Trinajstić information content (AvgIpc) is 2.66. The molecule has 2 aromatic rings. The summed E-state index contributed by atoms with van der Waals surface area (Å²) in [6.45, 7) is 7.75. The molecule has 0 aliphatic carbocycles. The van der Waals surface area contributed by atoms with Gasteiger partial charge in [-0.15, -0.1) is 0 Å². The van der Waals surface area contributed by atoms with E-state index in [0.29, 0.717) is 24.0 Å². The number of pyridine rings is 1. The molecule has 0 radical (unpaired) electrons. The minimum atomic E-state index is -0.431. The number of piperidine rings is 1. The number of rotatable bonds is 7. The minimum Gasteiger partial charge on any atom is -0.494 e. The summed E-state index contributed by atoms with van der Waals surface area (Å²) < 4.78 is 5.71. The first kappa shape index (κ1) is 19.2. The van der Waals surface area contributed by atoms with E-state index in [2.05, 4.69) is 40.3 Å². The molecule has 1 aromatic carbocycles. The normalized spacial score (nSPS) is 15.5. The number of carbonyl (C=O) groups excluding carboxylic acids is 1. The zero-order valence-corrected chi connectivity index (χ0v) is 16.1. The molecule has 0 spiro atoms. The van der Waals surface area contributed by atoms with Crippen molar-refractivity contribution < 1.29 is 9.53 Å². The van der Waals surface area contributed by atoms with Gasteiger partial charge in [0.1, 0.15) is 11.6 Å². The smallest absolute Gasteiger partial charge is 0.248 e. The number of nitrogens with zero attached hydrogens (tertiary/aromatic N) is 2. The van der Waals surface area contributed by atoms with Gasteiger partial charge < -0.3 is 15.8 Å². The van der Waals surface area contributed by atoms with E-state index in [9.17, 15) is 4.79 Å². The molecule has 0 atom stereocenters. The largest absolute Gasteiger partial charge is 0.494 e. The second kappa shape index (κ2) is 8.86. The molecule has 1 aliphatic heterocycles. The highest BCUT2D eigenvalue weighted by Gasteiger charge is 2.20. The molecule has 1 fully saturated rings. The number of primary amides is 1. The van der Waals surface area contributed by atoms with E-state index < -0.39 is 5.91 Å². The quantitative estimate of drug-likeness (QED) is 0.785. The lowest BCUT2D eigenvalue weighted by Crippen LogP contribution is -2.38. The van der Waals surface area contributed by atoms with Crippen LogP contribution in [0.2, 0.25) is 0 Å². The Morgan fingerprint density at radius 1 is 1.30 bits per heavy atom. The molecule has 2 heterocycles. The van der Waals surface area contributed by atoms with Crippen LogP contribution in [0.4, 0.5) is 5.82 Å². The maximum Gasteiger partial charge on any atom is 0.248 e. The van der Waals surface area contributed by atoms with Crippen LogP contribution in [0.5, 0.6) is 5.75 Å². The van der Waals surface area contributed by atoms with Gasteiger partial charge in [0.2, 0.25) is 5.91 Å². The highest BCUT2D eigenvalue weighted by atomic mass is 16.5. The maximum absolute atomic E-state index is 11.3. The van der Waals surface area contributed by atoms with Crippen LogP contribution < -0.4 is 15.8 Å². The second-order valence-electron chi connectivity index (χ2n) is 7.02. The van der Waals surface area contributed by atoms with Gasteiger partial charge in [-0.1, -0.05) is 12.1 Å². The Labute approximate surface area is 160 Å². The molecule has 1 amide bonds. The first-order chi connectivity index (χ1) is 13.0. The SMILES string of the molecule is CCOc1cc(CN2CCC(Nc3cc(C(N)=O)ccn3)CC2)ccc1C. The predicted octanol–water partition coefficient (Wildman–Crippen LogP) is 2.96. The summed E-state index contributed by atoms with van der Waals surface area (Å²) in [6.07, 6.45) is 3.68. The van der Waals surface area contributed by atoms with E-state index in [4.69, 9.17) is 10.5 Å². The molecule has 1 saturated heterocycles. The Bertz CT molecular complexity index is 786. The molecule has 0 saturated carbocycles. The van der Waals surface area contributed by atoms with Gasteiger partial charge in [-0.3, -0.25) is 9.69 Å².